The van der Waals surface area contributed by atoms with Gasteiger partial charge in [-0.2, -0.15) is 5.26 Å². The zero-order chi connectivity index (χ0) is 11.9. The second kappa shape index (κ2) is 5.62. The molecular formula is C15H12N2. The van der Waals surface area contributed by atoms with Gasteiger partial charge in [-0.1, -0.05) is 60.7 Å². The van der Waals surface area contributed by atoms with Crippen LogP contribution in [0.1, 0.15) is 17.2 Å². The Morgan fingerprint density at radius 1 is 0.941 bits per heavy atom. The Balaban J connectivity index is 2.17. The molecule has 0 aliphatic rings. The highest BCUT2D eigenvalue weighted by Crippen LogP contribution is 2.15. The fraction of sp³-hybridized carbons (Fsp3) is 0.0667. The molecule has 1 unspecified atom stereocenters. The Morgan fingerprint density at radius 3 is 2.12 bits per heavy atom. The minimum absolute atomic E-state index is 0.434. The summed E-state index contributed by atoms with van der Waals surface area (Å²) in [5.41, 5.74) is 1.92. The fourth-order valence-corrected chi connectivity index (χ4v) is 1.53. The topological polar surface area (TPSA) is 36.1 Å². The molecule has 0 aliphatic carbocycles. The molecule has 2 nitrogen and oxygen atoms in total. The number of nitrogens with zero attached hydrogens (tertiary/aromatic N) is 2. The lowest BCUT2D eigenvalue weighted by Gasteiger charge is -2.02. The van der Waals surface area contributed by atoms with Crippen molar-refractivity contribution in [1.29, 1.82) is 5.26 Å². The average Bonchev–Trinajstić information content (AvgIpc) is 2.42. The van der Waals surface area contributed by atoms with Gasteiger partial charge in [-0.15, -0.1) is 0 Å². The molecule has 0 saturated carbocycles. The predicted molar refractivity (Wildman–Crippen MR) is 68.8 cm³/mol. The van der Waals surface area contributed by atoms with Crippen LogP contribution in [0.15, 0.2) is 65.7 Å². The molecule has 0 amide bonds. The number of rotatable bonds is 3. The van der Waals surface area contributed by atoms with Gasteiger partial charge in [0.05, 0.1) is 6.07 Å². The van der Waals surface area contributed by atoms with E-state index in [2.05, 4.69) is 11.1 Å². The van der Waals surface area contributed by atoms with Crippen molar-refractivity contribution < 1.29 is 0 Å². The van der Waals surface area contributed by atoms with Crippen LogP contribution in [-0.2, 0) is 0 Å². The largest absolute Gasteiger partial charge is 0.269 e. The maximum atomic E-state index is 9.09. The fourth-order valence-electron chi connectivity index (χ4n) is 1.53. The molecule has 0 bridgehead atoms. The van der Waals surface area contributed by atoms with Gasteiger partial charge in [0.2, 0.25) is 0 Å². The Morgan fingerprint density at radius 2 is 1.53 bits per heavy atom. The molecule has 2 rings (SSSR count). The van der Waals surface area contributed by atoms with Crippen LogP contribution in [0.2, 0.25) is 0 Å². The highest BCUT2D eigenvalue weighted by molar-refractivity contribution is 5.79. The maximum absolute atomic E-state index is 9.09. The van der Waals surface area contributed by atoms with Crippen molar-refractivity contribution in [2.75, 3.05) is 0 Å². The summed E-state index contributed by atoms with van der Waals surface area (Å²) in [4.78, 5) is 4.30. The van der Waals surface area contributed by atoms with E-state index in [4.69, 9.17) is 5.26 Å². The Hall–Kier alpha value is -2.40. The van der Waals surface area contributed by atoms with E-state index in [1.807, 2.05) is 60.7 Å². The number of hydrogen-bond acceptors (Lipinski definition) is 2. The van der Waals surface area contributed by atoms with Crippen molar-refractivity contribution in [2.45, 2.75) is 6.04 Å². The first kappa shape index (κ1) is 11.1. The molecule has 0 saturated heterocycles. The Bertz CT molecular complexity index is 524. The second-order valence-corrected chi connectivity index (χ2v) is 3.63. The number of aliphatic imine (C=N–C) groups is 1. The summed E-state index contributed by atoms with van der Waals surface area (Å²) in [5.74, 6) is 0. The predicted octanol–water partition coefficient (Wildman–Crippen LogP) is 3.37. The monoisotopic (exact) mass is 220 g/mol. The molecule has 82 valence electrons. The number of hydrogen-bond donors (Lipinski definition) is 0. The first-order chi connectivity index (χ1) is 8.40. The lowest BCUT2D eigenvalue weighted by molar-refractivity contribution is 0.933. The molecule has 0 heterocycles. The summed E-state index contributed by atoms with van der Waals surface area (Å²) in [7, 11) is 0. The summed E-state index contributed by atoms with van der Waals surface area (Å²) in [6, 6.07) is 21.1. The van der Waals surface area contributed by atoms with E-state index in [0.29, 0.717) is 0 Å². The number of nitriles is 1. The van der Waals surface area contributed by atoms with Crippen LogP contribution in [0, 0.1) is 11.3 Å². The molecule has 1 atom stereocenters. The summed E-state index contributed by atoms with van der Waals surface area (Å²) < 4.78 is 0. The molecule has 17 heavy (non-hydrogen) atoms. The molecule has 2 aromatic rings. The van der Waals surface area contributed by atoms with Crippen molar-refractivity contribution in [3.05, 3.63) is 71.8 Å². The highest BCUT2D eigenvalue weighted by atomic mass is 14.8. The number of benzene rings is 2. The van der Waals surface area contributed by atoms with E-state index in [1.165, 1.54) is 0 Å². The molecule has 0 aliphatic heterocycles. The molecular weight excluding hydrogens is 208 g/mol. The first-order valence-corrected chi connectivity index (χ1v) is 5.43. The van der Waals surface area contributed by atoms with E-state index in [1.54, 1.807) is 6.21 Å². The second-order valence-electron chi connectivity index (χ2n) is 3.63. The minimum Gasteiger partial charge on any atom is -0.269 e. The van der Waals surface area contributed by atoms with Crippen LogP contribution in [-0.4, -0.2) is 6.21 Å². The van der Waals surface area contributed by atoms with Crippen LogP contribution < -0.4 is 0 Å². The molecule has 0 spiro atoms. The van der Waals surface area contributed by atoms with Gasteiger partial charge in [0, 0.05) is 6.21 Å². The van der Waals surface area contributed by atoms with Gasteiger partial charge in [0.25, 0.3) is 0 Å². The SMILES string of the molecule is N#CC(N=Cc1ccccc1)c1ccccc1. The zero-order valence-electron chi connectivity index (χ0n) is 9.32. The van der Waals surface area contributed by atoms with E-state index < -0.39 is 6.04 Å². The van der Waals surface area contributed by atoms with Gasteiger partial charge in [0.15, 0.2) is 6.04 Å². The molecule has 0 aromatic heterocycles. The van der Waals surface area contributed by atoms with Gasteiger partial charge in [0.1, 0.15) is 0 Å². The van der Waals surface area contributed by atoms with Crippen molar-refractivity contribution in [2.24, 2.45) is 4.99 Å². The van der Waals surface area contributed by atoms with E-state index in [0.717, 1.165) is 11.1 Å². The van der Waals surface area contributed by atoms with Gasteiger partial charge >= 0.3 is 0 Å². The van der Waals surface area contributed by atoms with Crippen LogP contribution in [0.4, 0.5) is 0 Å². The normalized spacial score (nSPS) is 12.2. The molecule has 0 N–H and O–H groups in total. The Kier molecular flexibility index (Phi) is 3.67. The smallest absolute Gasteiger partial charge is 0.161 e. The molecule has 0 radical (unpaired) electrons. The molecule has 2 heteroatoms. The molecule has 0 fully saturated rings. The van der Waals surface area contributed by atoms with Crippen molar-refractivity contribution in [3.8, 4) is 6.07 Å². The summed E-state index contributed by atoms with van der Waals surface area (Å²) in [6.45, 7) is 0. The van der Waals surface area contributed by atoms with Crippen molar-refractivity contribution >= 4 is 6.21 Å². The van der Waals surface area contributed by atoms with Gasteiger partial charge in [-0.05, 0) is 11.1 Å². The quantitative estimate of drug-likeness (QED) is 0.730. The van der Waals surface area contributed by atoms with Crippen LogP contribution in [0.5, 0.6) is 0 Å². The van der Waals surface area contributed by atoms with E-state index in [9.17, 15) is 0 Å². The van der Waals surface area contributed by atoms with E-state index >= 15 is 0 Å². The first-order valence-electron chi connectivity index (χ1n) is 5.43. The standard InChI is InChI=1S/C15H12N2/c16-11-15(14-9-5-2-6-10-14)17-12-13-7-3-1-4-8-13/h1-10,12,15H. The lowest BCUT2D eigenvalue weighted by atomic mass is 10.1. The lowest BCUT2D eigenvalue weighted by Crippen LogP contribution is -1.92. The third kappa shape index (κ3) is 3.02. The van der Waals surface area contributed by atoms with Crippen LogP contribution in [0.25, 0.3) is 0 Å². The summed E-state index contributed by atoms with van der Waals surface area (Å²) in [6.07, 6.45) is 1.74. The van der Waals surface area contributed by atoms with Gasteiger partial charge in [-0.25, -0.2) is 0 Å². The van der Waals surface area contributed by atoms with Gasteiger partial charge < -0.3 is 0 Å². The zero-order valence-corrected chi connectivity index (χ0v) is 9.32. The third-order valence-electron chi connectivity index (χ3n) is 2.41. The van der Waals surface area contributed by atoms with E-state index in [-0.39, 0.29) is 0 Å². The van der Waals surface area contributed by atoms with Crippen LogP contribution >= 0.6 is 0 Å². The van der Waals surface area contributed by atoms with Crippen LogP contribution in [0.3, 0.4) is 0 Å². The van der Waals surface area contributed by atoms with Crippen molar-refractivity contribution in [1.82, 2.24) is 0 Å². The Labute approximate surface area is 101 Å². The highest BCUT2D eigenvalue weighted by Gasteiger charge is 2.05. The summed E-state index contributed by atoms with van der Waals surface area (Å²) in [5, 5.41) is 9.09. The average molecular weight is 220 g/mol. The van der Waals surface area contributed by atoms with Crippen molar-refractivity contribution in [3.63, 3.8) is 0 Å². The summed E-state index contributed by atoms with van der Waals surface area (Å²) >= 11 is 0. The third-order valence-corrected chi connectivity index (χ3v) is 2.41. The van der Waals surface area contributed by atoms with Gasteiger partial charge in [-0.3, -0.25) is 4.99 Å². The maximum Gasteiger partial charge on any atom is 0.161 e. The molecule has 2 aromatic carbocycles. The minimum atomic E-state index is -0.434.